The van der Waals surface area contributed by atoms with Crippen LogP contribution >= 0.6 is 0 Å². The summed E-state index contributed by atoms with van der Waals surface area (Å²) in [6.45, 7) is 5.52. The minimum Gasteiger partial charge on any atom is -0.478 e. The molecular formula is C17H24N2O4. The molecule has 1 fully saturated rings. The zero-order valence-corrected chi connectivity index (χ0v) is 13.8. The van der Waals surface area contributed by atoms with Crippen molar-refractivity contribution in [2.75, 3.05) is 5.32 Å². The van der Waals surface area contributed by atoms with Gasteiger partial charge in [-0.3, -0.25) is 0 Å². The van der Waals surface area contributed by atoms with Gasteiger partial charge in [-0.15, -0.1) is 0 Å². The normalized spacial score (nSPS) is 20.8. The number of aromatic carboxylic acids is 1. The minimum absolute atomic E-state index is 0.0978. The molecule has 1 amide bonds. The molecule has 1 saturated carbocycles. The van der Waals surface area contributed by atoms with Crippen molar-refractivity contribution in [3.63, 3.8) is 0 Å². The van der Waals surface area contributed by atoms with E-state index in [0.29, 0.717) is 0 Å². The summed E-state index contributed by atoms with van der Waals surface area (Å²) in [5, 5.41) is 15.2. The van der Waals surface area contributed by atoms with Crippen molar-refractivity contribution >= 4 is 17.7 Å². The topological polar surface area (TPSA) is 87.7 Å². The number of hydrogen-bond acceptors (Lipinski definition) is 4. The zero-order chi connectivity index (χ0) is 17.0. The number of hydrogen-bond donors (Lipinski definition) is 3. The van der Waals surface area contributed by atoms with Crippen molar-refractivity contribution in [3.05, 3.63) is 29.8 Å². The Morgan fingerprint density at radius 1 is 1.13 bits per heavy atom. The molecule has 0 radical (unpaired) electrons. The Labute approximate surface area is 136 Å². The van der Waals surface area contributed by atoms with Crippen LogP contribution in [-0.2, 0) is 4.74 Å². The molecule has 23 heavy (non-hydrogen) atoms. The Hall–Kier alpha value is -2.24. The van der Waals surface area contributed by atoms with Crippen LogP contribution in [0, 0.1) is 0 Å². The lowest BCUT2D eigenvalue weighted by Crippen LogP contribution is -2.38. The number of ether oxygens (including phenoxy) is 1. The van der Waals surface area contributed by atoms with Crippen LogP contribution in [0.5, 0.6) is 0 Å². The van der Waals surface area contributed by atoms with Gasteiger partial charge in [0, 0.05) is 17.8 Å². The number of amides is 1. The van der Waals surface area contributed by atoms with E-state index in [1.54, 1.807) is 24.3 Å². The molecule has 0 bridgehead atoms. The fraction of sp³-hybridized carbons (Fsp3) is 0.529. The van der Waals surface area contributed by atoms with Crippen molar-refractivity contribution in [1.82, 2.24) is 5.32 Å². The molecule has 0 spiro atoms. The SMILES string of the molecule is CC(C)(C)OC(=O)NC1CCC(Nc2ccc(C(=O)O)cc2)C1. The van der Waals surface area contributed by atoms with E-state index in [4.69, 9.17) is 9.84 Å². The van der Waals surface area contributed by atoms with Crippen LogP contribution in [0.4, 0.5) is 10.5 Å². The summed E-state index contributed by atoms with van der Waals surface area (Å²) >= 11 is 0. The molecule has 6 nitrogen and oxygen atoms in total. The second-order valence-corrected chi connectivity index (χ2v) is 6.88. The highest BCUT2D eigenvalue weighted by molar-refractivity contribution is 5.88. The van der Waals surface area contributed by atoms with Gasteiger partial charge in [0.2, 0.25) is 0 Å². The fourth-order valence-electron chi connectivity index (χ4n) is 2.66. The third kappa shape index (κ3) is 5.47. The van der Waals surface area contributed by atoms with Gasteiger partial charge in [-0.05, 0) is 64.3 Å². The molecule has 0 saturated heterocycles. The van der Waals surface area contributed by atoms with Gasteiger partial charge in [0.15, 0.2) is 0 Å². The summed E-state index contributed by atoms with van der Waals surface area (Å²) < 4.78 is 5.26. The molecule has 1 aromatic rings. The van der Waals surface area contributed by atoms with Crippen molar-refractivity contribution in [3.8, 4) is 0 Å². The van der Waals surface area contributed by atoms with Crippen LogP contribution in [0.3, 0.4) is 0 Å². The lowest BCUT2D eigenvalue weighted by Gasteiger charge is -2.22. The lowest BCUT2D eigenvalue weighted by molar-refractivity contribution is 0.0505. The van der Waals surface area contributed by atoms with Crippen LogP contribution in [0.1, 0.15) is 50.4 Å². The third-order valence-electron chi connectivity index (χ3n) is 3.66. The van der Waals surface area contributed by atoms with Gasteiger partial charge in [-0.2, -0.15) is 0 Å². The number of carboxylic acid groups (broad SMARTS) is 1. The predicted molar refractivity (Wildman–Crippen MR) is 87.8 cm³/mol. The second-order valence-electron chi connectivity index (χ2n) is 6.88. The number of carbonyl (C=O) groups excluding carboxylic acids is 1. The first-order chi connectivity index (χ1) is 10.7. The van der Waals surface area contributed by atoms with Gasteiger partial charge >= 0.3 is 12.1 Å². The van der Waals surface area contributed by atoms with Gasteiger partial charge in [0.05, 0.1) is 5.56 Å². The molecular weight excluding hydrogens is 296 g/mol. The van der Waals surface area contributed by atoms with Crippen molar-refractivity contribution in [2.24, 2.45) is 0 Å². The van der Waals surface area contributed by atoms with Crippen molar-refractivity contribution in [2.45, 2.75) is 57.7 Å². The first-order valence-electron chi connectivity index (χ1n) is 7.82. The maximum absolute atomic E-state index is 11.8. The second kappa shape index (κ2) is 6.89. The maximum Gasteiger partial charge on any atom is 0.407 e. The standard InChI is InChI=1S/C17H24N2O4/c1-17(2,3)23-16(22)19-14-9-8-13(10-14)18-12-6-4-11(5-7-12)15(20)21/h4-7,13-14,18H,8-10H2,1-3H3,(H,19,22)(H,20,21). The predicted octanol–water partition coefficient (Wildman–Crippen LogP) is 3.24. The van der Waals surface area contributed by atoms with Crippen LogP contribution in [0.25, 0.3) is 0 Å². The number of carboxylic acids is 1. The minimum atomic E-state index is -0.931. The van der Waals surface area contributed by atoms with Crippen LogP contribution in [0.15, 0.2) is 24.3 Å². The monoisotopic (exact) mass is 320 g/mol. The van der Waals surface area contributed by atoms with Gasteiger partial charge in [0.25, 0.3) is 0 Å². The highest BCUT2D eigenvalue weighted by Gasteiger charge is 2.27. The first-order valence-corrected chi connectivity index (χ1v) is 7.82. The molecule has 0 heterocycles. The Morgan fingerprint density at radius 2 is 1.74 bits per heavy atom. The zero-order valence-electron chi connectivity index (χ0n) is 13.8. The van der Waals surface area contributed by atoms with Crippen LogP contribution < -0.4 is 10.6 Å². The van der Waals surface area contributed by atoms with E-state index in [2.05, 4.69) is 10.6 Å². The van der Waals surface area contributed by atoms with Crippen molar-refractivity contribution in [1.29, 1.82) is 0 Å². The van der Waals surface area contributed by atoms with E-state index in [-0.39, 0.29) is 23.7 Å². The number of nitrogens with one attached hydrogen (secondary N) is 2. The Balaban J connectivity index is 1.81. The lowest BCUT2D eigenvalue weighted by atomic mass is 10.2. The van der Waals surface area contributed by atoms with E-state index in [9.17, 15) is 9.59 Å². The largest absolute Gasteiger partial charge is 0.478 e. The molecule has 1 aromatic carbocycles. The van der Waals surface area contributed by atoms with Gasteiger partial charge in [0.1, 0.15) is 5.60 Å². The summed E-state index contributed by atoms with van der Waals surface area (Å²) in [4.78, 5) is 22.6. The molecule has 3 N–H and O–H groups in total. The molecule has 1 aliphatic carbocycles. The average Bonchev–Trinajstić information content (AvgIpc) is 2.84. The van der Waals surface area contributed by atoms with Crippen molar-refractivity contribution < 1.29 is 19.4 Å². The molecule has 126 valence electrons. The fourth-order valence-corrected chi connectivity index (χ4v) is 2.66. The average molecular weight is 320 g/mol. The Kier molecular flexibility index (Phi) is 5.13. The first kappa shape index (κ1) is 17.1. The van der Waals surface area contributed by atoms with E-state index < -0.39 is 11.6 Å². The van der Waals surface area contributed by atoms with E-state index in [1.165, 1.54) is 0 Å². The molecule has 0 aliphatic heterocycles. The van der Waals surface area contributed by atoms with E-state index >= 15 is 0 Å². The smallest absolute Gasteiger partial charge is 0.407 e. The third-order valence-corrected chi connectivity index (χ3v) is 3.66. The Morgan fingerprint density at radius 3 is 2.30 bits per heavy atom. The molecule has 1 aliphatic rings. The highest BCUT2D eigenvalue weighted by Crippen LogP contribution is 2.23. The number of benzene rings is 1. The summed E-state index contributed by atoms with van der Waals surface area (Å²) in [5.74, 6) is -0.931. The molecule has 0 aromatic heterocycles. The van der Waals surface area contributed by atoms with E-state index in [1.807, 2.05) is 20.8 Å². The van der Waals surface area contributed by atoms with Gasteiger partial charge < -0.3 is 20.5 Å². The summed E-state index contributed by atoms with van der Waals surface area (Å²) in [6.07, 6.45) is 2.28. The van der Waals surface area contributed by atoms with Gasteiger partial charge in [-0.1, -0.05) is 0 Å². The maximum atomic E-state index is 11.8. The van der Waals surface area contributed by atoms with Crippen LogP contribution in [0.2, 0.25) is 0 Å². The molecule has 2 unspecified atom stereocenters. The molecule has 2 atom stereocenters. The quantitative estimate of drug-likeness (QED) is 0.792. The van der Waals surface area contributed by atoms with E-state index in [0.717, 1.165) is 24.9 Å². The Bertz CT molecular complexity index is 563. The van der Waals surface area contributed by atoms with Crippen LogP contribution in [-0.4, -0.2) is 34.9 Å². The number of alkyl carbamates (subject to hydrolysis) is 1. The summed E-state index contributed by atoms with van der Waals surface area (Å²) in [7, 11) is 0. The number of carbonyl (C=O) groups is 2. The van der Waals surface area contributed by atoms with Gasteiger partial charge in [-0.25, -0.2) is 9.59 Å². The number of anilines is 1. The summed E-state index contributed by atoms with van der Waals surface area (Å²) in [5.41, 5.74) is 0.663. The number of rotatable bonds is 4. The molecule has 2 rings (SSSR count). The molecule has 6 heteroatoms. The highest BCUT2D eigenvalue weighted by atomic mass is 16.6. The summed E-state index contributed by atoms with van der Waals surface area (Å²) in [6, 6.07) is 7.04.